The second kappa shape index (κ2) is 28.7. The van der Waals surface area contributed by atoms with E-state index in [1.54, 1.807) is 48.5 Å². The smallest absolute Gasteiger partial charge is 0.333 e. The molecule has 1 saturated heterocycles. The van der Waals surface area contributed by atoms with Gasteiger partial charge in [0, 0.05) is 44.8 Å². The molecule has 4 aromatic rings. The van der Waals surface area contributed by atoms with Gasteiger partial charge in [-0.25, -0.2) is 4.79 Å². The van der Waals surface area contributed by atoms with Crippen LogP contribution in [0.1, 0.15) is 73.6 Å². The lowest BCUT2D eigenvalue weighted by Gasteiger charge is -2.34. The number of nitrogens with one attached hydrogen (secondary N) is 1. The van der Waals surface area contributed by atoms with Gasteiger partial charge in [0.05, 0.1) is 26.2 Å². The summed E-state index contributed by atoms with van der Waals surface area (Å²) in [6.07, 6.45) is 1.35. The number of benzene rings is 4. The maximum Gasteiger partial charge on any atom is 0.333 e. The molecule has 5 rings (SSSR count). The quantitative estimate of drug-likeness (QED) is 0.0330. The third kappa shape index (κ3) is 19.7. The predicted octanol–water partition coefficient (Wildman–Crippen LogP) is 5.00. The zero-order valence-corrected chi connectivity index (χ0v) is 38.0. The highest BCUT2D eigenvalue weighted by atomic mass is 16.7. The molecule has 0 aromatic heterocycles. The van der Waals surface area contributed by atoms with Crippen LogP contribution in [0.5, 0.6) is 0 Å². The molecule has 1 atom stereocenters. The minimum atomic E-state index is -0.821. The first-order valence-electron chi connectivity index (χ1n) is 22.6. The lowest BCUT2D eigenvalue weighted by molar-refractivity contribution is -0.197. The van der Waals surface area contributed by atoms with Crippen molar-refractivity contribution in [2.24, 2.45) is 0 Å². The molecule has 3 amide bonds. The summed E-state index contributed by atoms with van der Waals surface area (Å²) in [4.78, 5) is 111. The SMILES string of the molecule is O=C(CCC(CN(CC(=O)OCc1ccccc1)CC(=O)OCc1ccccc1)N(CC(=O)OCc1ccccc1)CC(=O)OCc1ccccc1)NCCCCCC(=O)ON1C(=O)CCC1=O. The van der Waals surface area contributed by atoms with Gasteiger partial charge in [0.2, 0.25) is 5.91 Å². The van der Waals surface area contributed by atoms with Crippen molar-refractivity contribution in [3.8, 4) is 0 Å². The Labute approximate surface area is 395 Å². The van der Waals surface area contributed by atoms with Crippen molar-refractivity contribution in [1.29, 1.82) is 0 Å². The van der Waals surface area contributed by atoms with Crippen LogP contribution in [-0.2, 0) is 88.6 Å². The van der Waals surface area contributed by atoms with Crippen molar-refractivity contribution in [3.05, 3.63) is 144 Å². The van der Waals surface area contributed by atoms with Crippen LogP contribution >= 0.6 is 0 Å². The molecule has 0 aliphatic carbocycles. The average Bonchev–Trinajstić information content (AvgIpc) is 3.66. The van der Waals surface area contributed by atoms with Crippen LogP contribution in [0.25, 0.3) is 0 Å². The van der Waals surface area contributed by atoms with Gasteiger partial charge in [-0.3, -0.25) is 43.4 Å². The molecule has 0 radical (unpaired) electrons. The Kier molecular flexibility index (Phi) is 21.9. The summed E-state index contributed by atoms with van der Waals surface area (Å²) in [7, 11) is 0. The summed E-state index contributed by atoms with van der Waals surface area (Å²) >= 11 is 0. The van der Waals surface area contributed by atoms with Crippen LogP contribution in [0, 0.1) is 0 Å². The number of amides is 3. The van der Waals surface area contributed by atoms with Crippen LogP contribution in [0.3, 0.4) is 0 Å². The van der Waals surface area contributed by atoms with Crippen LogP contribution in [-0.4, -0.2) is 108 Å². The highest BCUT2D eigenvalue weighted by molar-refractivity contribution is 6.01. The molecule has 1 N–H and O–H groups in total. The first kappa shape index (κ1) is 51.7. The number of carbonyl (C=O) groups is 8. The lowest BCUT2D eigenvalue weighted by atomic mass is 10.1. The number of ether oxygens (including phenoxy) is 4. The molecule has 17 nitrogen and oxygen atoms in total. The molecule has 0 spiro atoms. The molecule has 1 heterocycles. The Hall–Kier alpha value is -7.24. The van der Waals surface area contributed by atoms with E-state index < -0.39 is 60.8 Å². The van der Waals surface area contributed by atoms with Crippen molar-refractivity contribution in [2.75, 3.05) is 39.3 Å². The highest BCUT2D eigenvalue weighted by Gasteiger charge is 2.33. The fourth-order valence-corrected chi connectivity index (χ4v) is 7.01. The molecular formula is C51H58N4O13. The zero-order valence-electron chi connectivity index (χ0n) is 38.0. The Morgan fingerprint density at radius 2 is 0.897 bits per heavy atom. The average molecular weight is 935 g/mol. The van der Waals surface area contributed by atoms with Gasteiger partial charge >= 0.3 is 29.8 Å². The molecule has 0 bridgehead atoms. The van der Waals surface area contributed by atoms with E-state index in [-0.39, 0.29) is 90.6 Å². The minimum Gasteiger partial charge on any atom is -0.460 e. The van der Waals surface area contributed by atoms with E-state index in [0.717, 1.165) is 22.3 Å². The summed E-state index contributed by atoms with van der Waals surface area (Å²) in [5.74, 6) is -4.81. The maximum atomic E-state index is 13.6. The standard InChI is InChI=1S/C51H58N4O13/c56-44(52-29-15-5-14-24-47(59)68-55-45(57)27-28-46(55)58)26-25-43(54(33-50(62)66-37-41-20-10-3-11-21-41)34-51(63)67-38-42-22-12-4-13-23-42)30-53(31-48(60)64-35-39-16-6-1-7-17-39)32-49(61)65-36-40-18-8-2-9-19-40/h1-4,6-13,16-23,43H,5,14-15,24-38H2,(H,52,56). The van der Waals surface area contributed by atoms with Gasteiger partial charge in [-0.15, -0.1) is 5.06 Å². The fraction of sp³-hybridized carbons (Fsp3) is 0.373. The highest BCUT2D eigenvalue weighted by Crippen LogP contribution is 2.16. The molecule has 68 heavy (non-hydrogen) atoms. The summed E-state index contributed by atoms with van der Waals surface area (Å²) in [6, 6.07) is 35.4. The van der Waals surface area contributed by atoms with Gasteiger partial charge < -0.3 is 29.1 Å². The van der Waals surface area contributed by atoms with Crippen LogP contribution in [0.4, 0.5) is 0 Å². The van der Waals surface area contributed by atoms with Gasteiger partial charge in [0.1, 0.15) is 26.4 Å². The normalized spacial score (nSPS) is 12.6. The van der Waals surface area contributed by atoms with Gasteiger partial charge in [-0.1, -0.05) is 128 Å². The third-order valence-corrected chi connectivity index (χ3v) is 10.6. The van der Waals surface area contributed by atoms with Crippen molar-refractivity contribution in [2.45, 2.75) is 83.8 Å². The first-order valence-corrected chi connectivity index (χ1v) is 22.6. The molecule has 360 valence electrons. The Balaban J connectivity index is 1.29. The number of hydrogen-bond donors (Lipinski definition) is 1. The van der Waals surface area contributed by atoms with E-state index in [0.29, 0.717) is 24.3 Å². The number of rotatable bonds is 29. The Morgan fingerprint density at radius 1 is 0.500 bits per heavy atom. The monoisotopic (exact) mass is 934 g/mol. The molecular weight excluding hydrogens is 877 g/mol. The molecule has 1 unspecified atom stereocenters. The van der Waals surface area contributed by atoms with Gasteiger partial charge in [-0.2, -0.15) is 0 Å². The first-order chi connectivity index (χ1) is 33.0. The summed E-state index contributed by atoms with van der Waals surface area (Å²) < 4.78 is 22.5. The van der Waals surface area contributed by atoms with E-state index in [1.807, 2.05) is 72.8 Å². The molecule has 0 saturated carbocycles. The number of unbranched alkanes of at least 4 members (excludes halogenated alkanes) is 2. The number of nitrogens with zero attached hydrogens (tertiary/aromatic N) is 3. The summed E-state index contributed by atoms with van der Waals surface area (Å²) in [5, 5.41) is 3.37. The summed E-state index contributed by atoms with van der Waals surface area (Å²) in [5.41, 5.74) is 2.99. The molecule has 4 aromatic carbocycles. The van der Waals surface area contributed by atoms with E-state index in [4.69, 9.17) is 23.8 Å². The third-order valence-electron chi connectivity index (χ3n) is 10.6. The largest absolute Gasteiger partial charge is 0.460 e. The minimum absolute atomic E-state index is 0.000905. The molecule has 1 aliphatic rings. The van der Waals surface area contributed by atoms with Gasteiger partial charge in [0.25, 0.3) is 11.8 Å². The topological polar surface area (TPSA) is 204 Å². The zero-order chi connectivity index (χ0) is 48.4. The van der Waals surface area contributed by atoms with E-state index in [2.05, 4.69) is 5.32 Å². The van der Waals surface area contributed by atoms with E-state index >= 15 is 0 Å². The van der Waals surface area contributed by atoms with Crippen molar-refractivity contribution in [1.82, 2.24) is 20.2 Å². The number of hydroxylamine groups is 2. The van der Waals surface area contributed by atoms with Crippen LogP contribution in [0.2, 0.25) is 0 Å². The van der Waals surface area contributed by atoms with Crippen LogP contribution in [0.15, 0.2) is 121 Å². The van der Waals surface area contributed by atoms with E-state index in [1.165, 1.54) is 9.80 Å². The lowest BCUT2D eigenvalue weighted by Crippen LogP contribution is -2.51. The van der Waals surface area contributed by atoms with Gasteiger partial charge in [-0.05, 0) is 41.5 Å². The maximum absolute atomic E-state index is 13.6. The number of carbonyl (C=O) groups excluding carboxylic acids is 8. The fourth-order valence-electron chi connectivity index (χ4n) is 7.01. The second-order valence-corrected chi connectivity index (χ2v) is 16.1. The van der Waals surface area contributed by atoms with Crippen LogP contribution < -0.4 is 5.32 Å². The molecule has 1 aliphatic heterocycles. The van der Waals surface area contributed by atoms with Gasteiger partial charge in [0.15, 0.2) is 0 Å². The summed E-state index contributed by atoms with van der Waals surface area (Å²) in [6.45, 7) is -1.53. The predicted molar refractivity (Wildman–Crippen MR) is 245 cm³/mol. The molecule has 1 fully saturated rings. The van der Waals surface area contributed by atoms with Crippen molar-refractivity contribution >= 4 is 47.6 Å². The van der Waals surface area contributed by atoms with E-state index in [9.17, 15) is 38.4 Å². The number of imide groups is 1. The second-order valence-electron chi connectivity index (χ2n) is 16.1. The van der Waals surface area contributed by atoms with Crippen molar-refractivity contribution in [3.63, 3.8) is 0 Å². The Morgan fingerprint density at radius 3 is 1.31 bits per heavy atom. The van der Waals surface area contributed by atoms with Crippen molar-refractivity contribution < 1.29 is 62.1 Å². The molecule has 17 heteroatoms. The number of esters is 4. The number of hydrogen-bond acceptors (Lipinski definition) is 15. The Bertz CT molecular complexity index is 2120.